The average molecular weight is 206 g/mol. The van der Waals surface area contributed by atoms with Crippen LogP contribution in [0.3, 0.4) is 0 Å². The summed E-state index contributed by atoms with van der Waals surface area (Å²) < 4.78 is 0. The Morgan fingerprint density at radius 1 is 1.47 bits per heavy atom. The molecule has 2 rings (SSSR count). The Labute approximate surface area is 86.2 Å². The van der Waals surface area contributed by atoms with Gasteiger partial charge in [0.2, 0.25) is 0 Å². The second-order valence-electron chi connectivity index (χ2n) is 3.69. The number of carbonyl (C=O) groups excluding carboxylic acids is 1. The van der Waals surface area contributed by atoms with E-state index in [1.165, 1.54) is 12.1 Å². The van der Waals surface area contributed by atoms with Crippen molar-refractivity contribution in [3.63, 3.8) is 0 Å². The third kappa shape index (κ3) is 1.70. The molecule has 4 nitrogen and oxygen atoms in total. The standard InChI is InChI=1S/C11H10O4/c12-7-1-2-8-6(4-11(14)15)3-10(13)9(8)5-7/h1-2,5-6,12H,3-4H2,(H,14,15). The first-order valence-electron chi connectivity index (χ1n) is 4.66. The molecular formula is C11H10O4. The van der Waals surface area contributed by atoms with Gasteiger partial charge in [-0.15, -0.1) is 0 Å². The predicted octanol–water partition coefficient (Wildman–Crippen LogP) is 1.54. The number of rotatable bonds is 2. The molecule has 1 aromatic carbocycles. The van der Waals surface area contributed by atoms with Crippen LogP contribution in [-0.2, 0) is 4.79 Å². The van der Waals surface area contributed by atoms with Crippen molar-refractivity contribution in [2.45, 2.75) is 18.8 Å². The smallest absolute Gasteiger partial charge is 0.303 e. The minimum atomic E-state index is -0.909. The summed E-state index contributed by atoms with van der Waals surface area (Å²) in [6.45, 7) is 0. The van der Waals surface area contributed by atoms with E-state index in [9.17, 15) is 14.7 Å². The van der Waals surface area contributed by atoms with Crippen LogP contribution in [0.15, 0.2) is 18.2 Å². The summed E-state index contributed by atoms with van der Waals surface area (Å²) in [5, 5.41) is 17.9. The Morgan fingerprint density at radius 3 is 2.87 bits per heavy atom. The predicted molar refractivity (Wildman–Crippen MR) is 52.0 cm³/mol. The molecule has 0 aromatic heterocycles. The molecule has 0 bridgehead atoms. The van der Waals surface area contributed by atoms with E-state index in [0.29, 0.717) is 5.56 Å². The van der Waals surface area contributed by atoms with Crippen LogP contribution in [0.5, 0.6) is 5.75 Å². The molecule has 0 aliphatic heterocycles. The summed E-state index contributed by atoms with van der Waals surface area (Å²) in [6.07, 6.45) is 0.189. The van der Waals surface area contributed by atoms with Crippen LogP contribution >= 0.6 is 0 Å². The molecule has 0 heterocycles. The third-order valence-corrected chi connectivity index (χ3v) is 2.63. The van der Waals surface area contributed by atoms with Gasteiger partial charge in [-0.1, -0.05) is 6.07 Å². The highest BCUT2D eigenvalue weighted by Crippen LogP contribution is 2.36. The van der Waals surface area contributed by atoms with Gasteiger partial charge in [-0.2, -0.15) is 0 Å². The van der Waals surface area contributed by atoms with E-state index in [0.717, 1.165) is 5.56 Å². The zero-order valence-electron chi connectivity index (χ0n) is 7.93. The van der Waals surface area contributed by atoms with Crippen LogP contribution < -0.4 is 0 Å². The van der Waals surface area contributed by atoms with Crippen molar-refractivity contribution in [2.75, 3.05) is 0 Å². The topological polar surface area (TPSA) is 74.6 Å². The van der Waals surface area contributed by atoms with E-state index in [2.05, 4.69) is 0 Å². The van der Waals surface area contributed by atoms with Crippen LogP contribution in [-0.4, -0.2) is 22.0 Å². The molecule has 78 valence electrons. The highest BCUT2D eigenvalue weighted by atomic mass is 16.4. The molecule has 0 fully saturated rings. The van der Waals surface area contributed by atoms with Crippen LogP contribution in [0.2, 0.25) is 0 Å². The first-order chi connectivity index (χ1) is 7.08. The maximum Gasteiger partial charge on any atom is 0.303 e. The molecule has 2 N–H and O–H groups in total. The summed E-state index contributed by atoms with van der Waals surface area (Å²) in [4.78, 5) is 22.1. The van der Waals surface area contributed by atoms with Gasteiger partial charge in [0, 0.05) is 17.9 Å². The van der Waals surface area contributed by atoms with Gasteiger partial charge in [0.15, 0.2) is 5.78 Å². The number of phenols is 1. The molecule has 1 atom stereocenters. The first kappa shape index (κ1) is 9.71. The molecule has 1 unspecified atom stereocenters. The van der Waals surface area contributed by atoms with Crippen molar-refractivity contribution in [3.8, 4) is 5.75 Å². The van der Waals surface area contributed by atoms with Gasteiger partial charge >= 0.3 is 5.97 Å². The van der Waals surface area contributed by atoms with Gasteiger partial charge in [-0.25, -0.2) is 0 Å². The second-order valence-corrected chi connectivity index (χ2v) is 3.69. The summed E-state index contributed by atoms with van der Waals surface area (Å²) >= 11 is 0. The summed E-state index contributed by atoms with van der Waals surface area (Å²) in [5.74, 6) is -1.20. The van der Waals surface area contributed by atoms with Gasteiger partial charge in [0.1, 0.15) is 5.75 Å². The monoisotopic (exact) mass is 206 g/mol. The van der Waals surface area contributed by atoms with Crippen molar-refractivity contribution < 1.29 is 19.8 Å². The Balaban J connectivity index is 2.38. The van der Waals surface area contributed by atoms with Crippen molar-refractivity contribution in [3.05, 3.63) is 29.3 Å². The Morgan fingerprint density at radius 2 is 2.20 bits per heavy atom. The lowest BCUT2D eigenvalue weighted by Crippen LogP contribution is -2.03. The highest BCUT2D eigenvalue weighted by molar-refractivity contribution is 6.02. The summed E-state index contributed by atoms with van der Waals surface area (Å²) in [6, 6.07) is 4.51. The van der Waals surface area contributed by atoms with Crippen molar-refractivity contribution >= 4 is 11.8 Å². The van der Waals surface area contributed by atoms with Crippen LogP contribution in [0, 0.1) is 0 Å². The van der Waals surface area contributed by atoms with Gasteiger partial charge < -0.3 is 10.2 Å². The molecule has 1 aromatic rings. The quantitative estimate of drug-likeness (QED) is 0.769. The van der Waals surface area contributed by atoms with E-state index in [1.54, 1.807) is 6.07 Å². The fourth-order valence-electron chi connectivity index (χ4n) is 1.98. The number of phenolic OH excluding ortho intramolecular Hbond substituents is 1. The molecule has 4 heteroatoms. The summed E-state index contributed by atoms with van der Waals surface area (Å²) in [7, 11) is 0. The van der Waals surface area contributed by atoms with E-state index >= 15 is 0 Å². The molecule has 0 radical (unpaired) electrons. The van der Waals surface area contributed by atoms with Gasteiger partial charge in [-0.3, -0.25) is 9.59 Å². The number of carbonyl (C=O) groups is 2. The number of carboxylic acids is 1. The number of ketones is 1. The molecule has 0 amide bonds. The van der Waals surface area contributed by atoms with Crippen molar-refractivity contribution in [2.24, 2.45) is 0 Å². The third-order valence-electron chi connectivity index (χ3n) is 2.63. The Kier molecular flexibility index (Phi) is 2.19. The van der Waals surface area contributed by atoms with E-state index in [1.807, 2.05) is 0 Å². The average Bonchev–Trinajstić information content (AvgIpc) is 2.42. The maximum atomic E-state index is 11.5. The van der Waals surface area contributed by atoms with Gasteiger partial charge in [0.05, 0.1) is 6.42 Å². The number of hydrogen-bond donors (Lipinski definition) is 2. The number of carboxylic acid groups (broad SMARTS) is 1. The maximum absolute atomic E-state index is 11.5. The van der Waals surface area contributed by atoms with E-state index in [-0.39, 0.29) is 30.3 Å². The van der Waals surface area contributed by atoms with E-state index < -0.39 is 5.97 Å². The van der Waals surface area contributed by atoms with Crippen LogP contribution in [0.4, 0.5) is 0 Å². The van der Waals surface area contributed by atoms with Gasteiger partial charge in [-0.05, 0) is 17.7 Å². The molecule has 0 saturated carbocycles. The number of hydrogen-bond acceptors (Lipinski definition) is 3. The lowest BCUT2D eigenvalue weighted by atomic mass is 9.98. The number of Topliss-reactive ketones (excluding diaryl/α,β-unsaturated/α-hetero) is 1. The molecule has 15 heavy (non-hydrogen) atoms. The van der Waals surface area contributed by atoms with E-state index in [4.69, 9.17) is 5.11 Å². The molecule has 1 aliphatic carbocycles. The Hall–Kier alpha value is -1.84. The lowest BCUT2D eigenvalue weighted by Gasteiger charge is -2.06. The van der Waals surface area contributed by atoms with Crippen molar-refractivity contribution in [1.82, 2.24) is 0 Å². The normalized spacial score (nSPS) is 18.9. The SMILES string of the molecule is O=C(O)CC1CC(=O)c2cc(O)ccc21. The highest BCUT2D eigenvalue weighted by Gasteiger charge is 2.30. The van der Waals surface area contributed by atoms with Crippen LogP contribution in [0.1, 0.15) is 34.7 Å². The fraction of sp³-hybridized carbons (Fsp3) is 0.273. The number of aliphatic carboxylic acids is 1. The molecule has 1 aliphatic rings. The lowest BCUT2D eigenvalue weighted by molar-refractivity contribution is -0.137. The minimum Gasteiger partial charge on any atom is -0.508 e. The second kappa shape index (κ2) is 3.38. The van der Waals surface area contributed by atoms with Gasteiger partial charge in [0.25, 0.3) is 0 Å². The van der Waals surface area contributed by atoms with Crippen molar-refractivity contribution in [1.29, 1.82) is 0 Å². The first-order valence-corrected chi connectivity index (χ1v) is 4.66. The molecule has 0 saturated heterocycles. The zero-order valence-corrected chi connectivity index (χ0v) is 7.93. The zero-order chi connectivity index (χ0) is 11.0. The largest absolute Gasteiger partial charge is 0.508 e. The molecule has 0 spiro atoms. The Bertz CT molecular complexity index is 436. The number of aromatic hydroxyl groups is 1. The minimum absolute atomic E-state index is 0.0382. The molecular weight excluding hydrogens is 196 g/mol. The number of fused-ring (bicyclic) bond motifs is 1. The number of benzene rings is 1. The summed E-state index contributed by atoms with van der Waals surface area (Å²) in [5.41, 5.74) is 1.20. The van der Waals surface area contributed by atoms with Crippen LogP contribution in [0.25, 0.3) is 0 Å². The fourth-order valence-corrected chi connectivity index (χ4v) is 1.98.